The maximum Gasteiger partial charge on any atom is 0.128 e. The van der Waals surface area contributed by atoms with Crippen LogP contribution in [0.25, 0.3) is 0 Å². The Bertz CT molecular complexity index is 365. The SMILES string of the molecule is CCOC(CC)C(O)c1ccc(OC)cc1OC. The number of hydrogen-bond donors (Lipinski definition) is 1. The Morgan fingerprint density at radius 2 is 1.89 bits per heavy atom. The van der Waals surface area contributed by atoms with Crippen molar-refractivity contribution in [2.75, 3.05) is 20.8 Å². The van der Waals surface area contributed by atoms with E-state index in [0.717, 1.165) is 12.0 Å². The molecule has 1 rings (SSSR count). The lowest BCUT2D eigenvalue weighted by atomic mass is 10.0. The molecule has 0 aromatic heterocycles. The van der Waals surface area contributed by atoms with Crippen molar-refractivity contribution in [1.29, 1.82) is 0 Å². The highest BCUT2D eigenvalue weighted by Gasteiger charge is 2.23. The standard InChI is InChI=1S/C14H22O4/c1-5-12(18-6-2)14(15)11-8-7-10(16-3)9-13(11)17-4/h7-9,12,14-15H,5-6H2,1-4H3. The first-order valence-corrected chi connectivity index (χ1v) is 6.19. The smallest absolute Gasteiger partial charge is 0.128 e. The fourth-order valence-electron chi connectivity index (χ4n) is 1.91. The molecule has 0 radical (unpaired) electrons. The molecule has 102 valence electrons. The molecule has 1 N–H and O–H groups in total. The lowest BCUT2D eigenvalue weighted by molar-refractivity contribution is -0.0364. The third-order valence-corrected chi connectivity index (χ3v) is 2.89. The van der Waals surface area contributed by atoms with Gasteiger partial charge in [0.1, 0.15) is 17.6 Å². The molecule has 0 fully saturated rings. The molecule has 0 amide bonds. The van der Waals surface area contributed by atoms with Crippen LogP contribution in [0.2, 0.25) is 0 Å². The highest BCUT2D eigenvalue weighted by atomic mass is 16.5. The molecule has 0 aliphatic carbocycles. The second kappa shape index (κ2) is 7.24. The molecule has 0 saturated carbocycles. The third kappa shape index (κ3) is 3.37. The summed E-state index contributed by atoms with van der Waals surface area (Å²) < 4.78 is 15.9. The minimum atomic E-state index is -0.698. The van der Waals surface area contributed by atoms with E-state index < -0.39 is 6.10 Å². The Morgan fingerprint density at radius 1 is 1.17 bits per heavy atom. The Labute approximate surface area is 108 Å². The monoisotopic (exact) mass is 254 g/mol. The summed E-state index contributed by atoms with van der Waals surface area (Å²) in [6.07, 6.45) is -0.183. The topological polar surface area (TPSA) is 47.9 Å². The molecule has 2 atom stereocenters. The van der Waals surface area contributed by atoms with Gasteiger partial charge in [-0.15, -0.1) is 0 Å². The zero-order valence-corrected chi connectivity index (χ0v) is 11.5. The van der Waals surface area contributed by atoms with E-state index in [9.17, 15) is 5.11 Å². The molecule has 0 spiro atoms. The van der Waals surface area contributed by atoms with E-state index in [1.807, 2.05) is 19.9 Å². The van der Waals surface area contributed by atoms with Gasteiger partial charge in [0, 0.05) is 18.2 Å². The van der Waals surface area contributed by atoms with Crippen LogP contribution in [-0.2, 0) is 4.74 Å². The van der Waals surface area contributed by atoms with Crippen LogP contribution in [-0.4, -0.2) is 32.0 Å². The first kappa shape index (κ1) is 14.8. The van der Waals surface area contributed by atoms with Crippen LogP contribution in [0.1, 0.15) is 31.9 Å². The summed E-state index contributed by atoms with van der Waals surface area (Å²) >= 11 is 0. The summed E-state index contributed by atoms with van der Waals surface area (Å²) in [4.78, 5) is 0. The van der Waals surface area contributed by atoms with Gasteiger partial charge in [-0.05, 0) is 25.5 Å². The van der Waals surface area contributed by atoms with E-state index in [2.05, 4.69) is 0 Å². The zero-order chi connectivity index (χ0) is 13.5. The van der Waals surface area contributed by atoms with Gasteiger partial charge in [-0.25, -0.2) is 0 Å². The molecule has 0 bridgehead atoms. The quantitative estimate of drug-likeness (QED) is 0.812. The van der Waals surface area contributed by atoms with Crippen molar-refractivity contribution >= 4 is 0 Å². The summed E-state index contributed by atoms with van der Waals surface area (Å²) in [6.45, 7) is 4.48. The highest BCUT2D eigenvalue weighted by Crippen LogP contribution is 2.32. The van der Waals surface area contributed by atoms with Crippen LogP contribution in [0.5, 0.6) is 11.5 Å². The Hall–Kier alpha value is -1.26. The van der Waals surface area contributed by atoms with Crippen LogP contribution >= 0.6 is 0 Å². The molecule has 0 heterocycles. The van der Waals surface area contributed by atoms with Gasteiger partial charge < -0.3 is 19.3 Å². The molecule has 0 aliphatic heterocycles. The summed E-state index contributed by atoms with van der Waals surface area (Å²) in [5.74, 6) is 1.31. The molecule has 0 saturated heterocycles. The second-order valence-electron chi connectivity index (χ2n) is 3.95. The van der Waals surface area contributed by atoms with Gasteiger partial charge in [0.2, 0.25) is 0 Å². The second-order valence-corrected chi connectivity index (χ2v) is 3.95. The summed E-state index contributed by atoms with van der Waals surface area (Å²) in [7, 11) is 3.17. The maximum atomic E-state index is 10.3. The summed E-state index contributed by atoms with van der Waals surface area (Å²) in [5.41, 5.74) is 0.721. The van der Waals surface area contributed by atoms with Crippen molar-refractivity contribution in [2.24, 2.45) is 0 Å². The predicted octanol–water partition coefficient (Wildman–Crippen LogP) is 2.55. The van der Waals surface area contributed by atoms with E-state index in [4.69, 9.17) is 14.2 Å². The predicted molar refractivity (Wildman–Crippen MR) is 70.2 cm³/mol. The highest BCUT2D eigenvalue weighted by molar-refractivity contribution is 5.42. The van der Waals surface area contributed by atoms with Crippen molar-refractivity contribution in [1.82, 2.24) is 0 Å². The van der Waals surface area contributed by atoms with Gasteiger partial charge in [0.15, 0.2) is 0 Å². The Kier molecular flexibility index (Phi) is 5.95. The molecular formula is C14H22O4. The Balaban J connectivity index is 2.99. The number of benzene rings is 1. The van der Waals surface area contributed by atoms with Crippen molar-refractivity contribution in [3.05, 3.63) is 23.8 Å². The molecule has 0 aliphatic rings. The van der Waals surface area contributed by atoms with E-state index in [1.165, 1.54) is 0 Å². The minimum Gasteiger partial charge on any atom is -0.497 e. The molecule has 1 aromatic carbocycles. The van der Waals surface area contributed by atoms with Crippen LogP contribution in [0.4, 0.5) is 0 Å². The van der Waals surface area contributed by atoms with Gasteiger partial charge >= 0.3 is 0 Å². The normalized spacial score (nSPS) is 14.1. The number of ether oxygens (including phenoxy) is 3. The van der Waals surface area contributed by atoms with Crippen LogP contribution in [0, 0.1) is 0 Å². The minimum absolute atomic E-state index is 0.225. The fourth-order valence-corrected chi connectivity index (χ4v) is 1.91. The van der Waals surface area contributed by atoms with Crippen LogP contribution in [0.15, 0.2) is 18.2 Å². The average molecular weight is 254 g/mol. The van der Waals surface area contributed by atoms with Gasteiger partial charge in [0.05, 0.1) is 20.3 Å². The van der Waals surface area contributed by atoms with Crippen molar-refractivity contribution < 1.29 is 19.3 Å². The molecule has 2 unspecified atom stereocenters. The van der Waals surface area contributed by atoms with E-state index in [0.29, 0.717) is 18.1 Å². The summed E-state index contributed by atoms with van der Waals surface area (Å²) in [6, 6.07) is 5.38. The number of aliphatic hydroxyl groups excluding tert-OH is 1. The van der Waals surface area contributed by atoms with Crippen molar-refractivity contribution in [2.45, 2.75) is 32.5 Å². The molecule has 18 heavy (non-hydrogen) atoms. The van der Waals surface area contributed by atoms with Gasteiger partial charge in [-0.3, -0.25) is 0 Å². The van der Waals surface area contributed by atoms with Crippen molar-refractivity contribution in [3.63, 3.8) is 0 Å². The molecule has 4 heteroatoms. The molecular weight excluding hydrogens is 232 g/mol. The van der Waals surface area contributed by atoms with E-state index in [1.54, 1.807) is 26.4 Å². The van der Waals surface area contributed by atoms with E-state index in [-0.39, 0.29) is 6.10 Å². The third-order valence-electron chi connectivity index (χ3n) is 2.89. The molecule has 4 nitrogen and oxygen atoms in total. The first-order chi connectivity index (χ1) is 8.67. The first-order valence-electron chi connectivity index (χ1n) is 6.19. The Morgan fingerprint density at radius 3 is 2.39 bits per heavy atom. The number of rotatable bonds is 7. The fraction of sp³-hybridized carbons (Fsp3) is 0.571. The lowest BCUT2D eigenvalue weighted by Gasteiger charge is -2.23. The maximum absolute atomic E-state index is 10.3. The van der Waals surface area contributed by atoms with Gasteiger partial charge in [-0.2, -0.15) is 0 Å². The van der Waals surface area contributed by atoms with Gasteiger partial charge in [0.25, 0.3) is 0 Å². The zero-order valence-electron chi connectivity index (χ0n) is 11.5. The molecule has 1 aromatic rings. The number of aliphatic hydroxyl groups is 1. The van der Waals surface area contributed by atoms with Crippen LogP contribution in [0.3, 0.4) is 0 Å². The largest absolute Gasteiger partial charge is 0.497 e. The van der Waals surface area contributed by atoms with Crippen LogP contribution < -0.4 is 9.47 Å². The van der Waals surface area contributed by atoms with E-state index >= 15 is 0 Å². The lowest BCUT2D eigenvalue weighted by Crippen LogP contribution is -2.22. The number of methoxy groups -OCH3 is 2. The van der Waals surface area contributed by atoms with Crippen molar-refractivity contribution in [3.8, 4) is 11.5 Å². The number of hydrogen-bond acceptors (Lipinski definition) is 4. The van der Waals surface area contributed by atoms with Gasteiger partial charge in [-0.1, -0.05) is 6.92 Å². The summed E-state index contributed by atoms with van der Waals surface area (Å²) in [5, 5.41) is 10.3. The average Bonchev–Trinajstić information content (AvgIpc) is 2.43.